The summed E-state index contributed by atoms with van der Waals surface area (Å²) in [6.07, 6.45) is 1.73. The molecule has 182 valence electrons. The maximum atomic E-state index is 13.9. The monoisotopic (exact) mass is 471 g/mol. The highest BCUT2D eigenvalue weighted by atomic mass is 19.1. The van der Waals surface area contributed by atoms with E-state index in [1.54, 1.807) is 6.07 Å². The highest BCUT2D eigenvalue weighted by Gasteiger charge is 2.30. The predicted octanol–water partition coefficient (Wildman–Crippen LogP) is 2.54. The number of rotatable bonds is 4. The van der Waals surface area contributed by atoms with E-state index in [4.69, 9.17) is 19.8 Å². The lowest BCUT2D eigenvalue weighted by atomic mass is 9.94. The van der Waals surface area contributed by atoms with Gasteiger partial charge in [-0.1, -0.05) is 36.4 Å². The van der Waals surface area contributed by atoms with Crippen LogP contribution in [0.15, 0.2) is 54.6 Å². The molecule has 2 aromatic rings. The van der Waals surface area contributed by atoms with E-state index in [1.807, 2.05) is 23.1 Å². The zero-order chi connectivity index (χ0) is 24.5. The minimum Gasteiger partial charge on any atom is -0.473 e. The number of amides is 1. The van der Waals surface area contributed by atoms with Crippen LogP contribution < -0.4 is 4.90 Å². The largest absolute Gasteiger partial charge is 0.473 e. The van der Waals surface area contributed by atoms with Crippen molar-refractivity contribution in [2.75, 3.05) is 44.2 Å². The number of carboxylic acid groups (broad SMARTS) is 2. The molecule has 0 radical (unpaired) electrons. The first-order valence-corrected chi connectivity index (χ1v) is 11.4. The van der Waals surface area contributed by atoms with Crippen LogP contribution in [0.5, 0.6) is 0 Å². The van der Waals surface area contributed by atoms with Crippen molar-refractivity contribution in [1.29, 1.82) is 0 Å². The van der Waals surface area contributed by atoms with Gasteiger partial charge in [-0.3, -0.25) is 9.69 Å². The van der Waals surface area contributed by atoms with E-state index >= 15 is 0 Å². The number of para-hydroxylation sites is 1. The molecule has 2 N–H and O–H groups in total. The molecule has 8 nitrogen and oxygen atoms in total. The van der Waals surface area contributed by atoms with E-state index in [-0.39, 0.29) is 11.7 Å². The number of anilines is 1. The molecule has 0 bridgehead atoms. The molecule has 0 aliphatic carbocycles. The van der Waals surface area contributed by atoms with Gasteiger partial charge in [0.25, 0.3) is 0 Å². The molecule has 0 atom stereocenters. The first-order valence-electron chi connectivity index (χ1n) is 11.4. The number of benzene rings is 2. The maximum absolute atomic E-state index is 13.9. The Morgan fingerprint density at radius 3 is 1.91 bits per heavy atom. The summed E-state index contributed by atoms with van der Waals surface area (Å²) in [7, 11) is 0. The molecule has 2 heterocycles. The normalized spacial score (nSPS) is 17.0. The van der Waals surface area contributed by atoms with Crippen molar-refractivity contribution in [2.45, 2.75) is 19.4 Å². The van der Waals surface area contributed by atoms with Crippen molar-refractivity contribution in [3.05, 3.63) is 66.0 Å². The molecular formula is C25H30FN3O5. The molecule has 9 heteroatoms. The van der Waals surface area contributed by atoms with Gasteiger partial charge in [0.15, 0.2) is 0 Å². The Kier molecular flexibility index (Phi) is 8.98. The number of halogens is 1. The molecule has 0 unspecified atom stereocenters. The van der Waals surface area contributed by atoms with E-state index in [0.717, 1.165) is 57.7 Å². The molecule has 0 spiro atoms. The summed E-state index contributed by atoms with van der Waals surface area (Å²) in [5.41, 5.74) is 1.97. The number of piperazine rings is 1. The molecule has 2 saturated heterocycles. The van der Waals surface area contributed by atoms with Crippen LogP contribution in [0.25, 0.3) is 0 Å². The zero-order valence-corrected chi connectivity index (χ0v) is 19.0. The standard InChI is InChI=1S/C23H28FN3O.C2H2O4/c24-22-9-5-4-6-20(22)18-25-12-10-19(11-13-25)23(28)27-16-14-26(15-17-27)21-7-2-1-3-8-21;3-1(4)2(5)6/h1-9,19H,10-18H2;(H,3,4)(H,5,6). The first-order chi connectivity index (χ1) is 16.3. The SMILES string of the molecule is O=C(C1CCN(Cc2ccccc2F)CC1)N1CCN(c2ccccc2)CC1.O=C(O)C(=O)O. The second-order valence-corrected chi connectivity index (χ2v) is 8.40. The van der Waals surface area contributed by atoms with Crippen LogP contribution in [0.2, 0.25) is 0 Å². The van der Waals surface area contributed by atoms with Gasteiger partial charge in [-0.25, -0.2) is 14.0 Å². The van der Waals surface area contributed by atoms with Crippen molar-refractivity contribution in [1.82, 2.24) is 9.80 Å². The number of hydrogen-bond donors (Lipinski definition) is 2. The highest BCUT2D eigenvalue weighted by Crippen LogP contribution is 2.23. The molecule has 1 amide bonds. The number of carboxylic acids is 2. The van der Waals surface area contributed by atoms with Crippen molar-refractivity contribution < 1.29 is 29.0 Å². The summed E-state index contributed by atoms with van der Waals surface area (Å²) in [5, 5.41) is 14.8. The number of nitrogens with zero attached hydrogens (tertiary/aromatic N) is 3. The van der Waals surface area contributed by atoms with Crippen molar-refractivity contribution in [3.63, 3.8) is 0 Å². The Labute approximate surface area is 198 Å². The summed E-state index contributed by atoms with van der Waals surface area (Å²) >= 11 is 0. The number of carbonyl (C=O) groups excluding carboxylic acids is 1. The average Bonchev–Trinajstić information content (AvgIpc) is 2.86. The number of piperidine rings is 1. The fraction of sp³-hybridized carbons (Fsp3) is 0.400. The van der Waals surface area contributed by atoms with Crippen molar-refractivity contribution in [3.8, 4) is 0 Å². The molecule has 4 rings (SSSR count). The molecule has 2 aliphatic heterocycles. The van der Waals surface area contributed by atoms with Gasteiger partial charge in [0.1, 0.15) is 5.82 Å². The summed E-state index contributed by atoms with van der Waals surface area (Å²) in [5.74, 6) is -3.37. The molecule has 2 fully saturated rings. The van der Waals surface area contributed by atoms with Crippen LogP contribution >= 0.6 is 0 Å². The lowest BCUT2D eigenvalue weighted by Gasteiger charge is -2.39. The van der Waals surface area contributed by atoms with Gasteiger partial charge in [0.2, 0.25) is 5.91 Å². The van der Waals surface area contributed by atoms with Gasteiger partial charge in [0.05, 0.1) is 0 Å². The van der Waals surface area contributed by atoms with E-state index in [1.165, 1.54) is 11.8 Å². The topological polar surface area (TPSA) is 101 Å². The van der Waals surface area contributed by atoms with Crippen LogP contribution in [0.1, 0.15) is 18.4 Å². The molecular weight excluding hydrogens is 441 g/mol. The van der Waals surface area contributed by atoms with Crippen LogP contribution in [0.3, 0.4) is 0 Å². The van der Waals surface area contributed by atoms with Crippen LogP contribution in [-0.4, -0.2) is 77.1 Å². The summed E-state index contributed by atoms with van der Waals surface area (Å²) in [4.78, 5) is 37.8. The zero-order valence-electron chi connectivity index (χ0n) is 19.0. The number of hydrogen-bond acceptors (Lipinski definition) is 5. The Morgan fingerprint density at radius 1 is 0.794 bits per heavy atom. The van der Waals surface area contributed by atoms with Gasteiger partial charge < -0.3 is 20.0 Å². The minimum absolute atomic E-state index is 0.111. The lowest BCUT2D eigenvalue weighted by molar-refractivity contribution is -0.159. The number of carbonyl (C=O) groups is 3. The van der Waals surface area contributed by atoms with Gasteiger partial charge in [-0.05, 0) is 44.1 Å². The quantitative estimate of drug-likeness (QED) is 0.661. The van der Waals surface area contributed by atoms with Crippen molar-refractivity contribution in [2.24, 2.45) is 5.92 Å². The van der Waals surface area contributed by atoms with Gasteiger partial charge in [0, 0.05) is 49.9 Å². The van der Waals surface area contributed by atoms with Gasteiger partial charge >= 0.3 is 11.9 Å². The van der Waals surface area contributed by atoms with Crippen LogP contribution in [0.4, 0.5) is 10.1 Å². The average molecular weight is 472 g/mol. The van der Waals surface area contributed by atoms with E-state index < -0.39 is 11.9 Å². The second kappa shape index (κ2) is 12.1. The molecule has 34 heavy (non-hydrogen) atoms. The Morgan fingerprint density at radius 2 is 1.35 bits per heavy atom. The fourth-order valence-electron chi connectivity index (χ4n) is 4.29. The second-order valence-electron chi connectivity index (χ2n) is 8.40. The number of likely N-dealkylation sites (tertiary alicyclic amines) is 1. The Bertz CT molecular complexity index is 960. The van der Waals surface area contributed by atoms with Crippen LogP contribution in [0, 0.1) is 11.7 Å². The third kappa shape index (κ3) is 7.02. The summed E-state index contributed by atoms with van der Waals surface area (Å²) in [6, 6.07) is 17.4. The molecule has 2 aliphatic rings. The van der Waals surface area contributed by atoms with Crippen molar-refractivity contribution >= 4 is 23.5 Å². The molecule has 2 aromatic carbocycles. The summed E-state index contributed by atoms with van der Waals surface area (Å²) < 4.78 is 13.9. The van der Waals surface area contributed by atoms with E-state index in [2.05, 4.69) is 34.1 Å². The molecule has 0 saturated carbocycles. The van der Waals surface area contributed by atoms with Gasteiger partial charge in [-0.15, -0.1) is 0 Å². The van der Waals surface area contributed by atoms with E-state index in [9.17, 15) is 9.18 Å². The predicted molar refractivity (Wildman–Crippen MR) is 125 cm³/mol. The highest BCUT2D eigenvalue weighted by molar-refractivity contribution is 6.27. The lowest BCUT2D eigenvalue weighted by Crippen LogP contribution is -2.51. The maximum Gasteiger partial charge on any atom is 0.414 e. The fourth-order valence-corrected chi connectivity index (χ4v) is 4.29. The van der Waals surface area contributed by atoms with Crippen LogP contribution in [-0.2, 0) is 20.9 Å². The van der Waals surface area contributed by atoms with Gasteiger partial charge in [-0.2, -0.15) is 0 Å². The smallest absolute Gasteiger partial charge is 0.414 e. The molecule has 0 aromatic heterocycles. The minimum atomic E-state index is -1.82. The third-order valence-electron chi connectivity index (χ3n) is 6.18. The Hall–Kier alpha value is -3.46. The number of aliphatic carboxylic acids is 2. The van der Waals surface area contributed by atoms with E-state index in [0.29, 0.717) is 12.5 Å². The third-order valence-corrected chi connectivity index (χ3v) is 6.18. The first kappa shape index (κ1) is 25.2. The Balaban J connectivity index is 0.000000481. The summed E-state index contributed by atoms with van der Waals surface area (Å²) in [6.45, 7) is 5.71.